The zero-order valence-corrected chi connectivity index (χ0v) is 12.9. The van der Waals surface area contributed by atoms with Crippen LogP contribution in [0.4, 0.5) is 0 Å². The average molecular weight is 362 g/mol. The van der Waals surface area contributed by atoms with Crippen molar-refractivity contribution in [3.05, 3.63) is 32.7 Å². The molecule has 0 atom stereocenters. The third-order valence-electron chi connectivity index (χ3n) is 3.35. The van der Waals surface area contributed by atoms with Crippen LogP contribution in [0, 0.1) is 0 Å². The van der Waals surface area contributed by atoms with Gasteiger partial charge in [-0.2, -0.15) is 0 Å². The summed E-state index contributed by atoms with van der Waals surface area (Å²) in [7, 11) is 0. The van der Waals surface area contributed by atoms with Gasteiger partial charge in [-0.1, -0.05) is 6.07 Å². The Balaban J connectivity index is 1.83. The fourth-order valence-electron chi connectivity index (χ4n) is 2.24. The first kappa shape index (κ1) is 13.5. The molecule has 0 heterocycles. The van der Waals surface area contributed by atoms with E-state index in [2.05, 4.69) is 55.4 Å². The van der Waals surface area contributed by atoms with Gasteiger partial charge in [0.25, 0.3) is 0 Å². The van der Waals surface area contributed by atoms with Crippen molar-refractivity contribution < 1.29 is 0 Å². The van der Waals surface area contributed by atoms with Crippen LogP contribution in [0.25, 0.3) is 0 Å². The summed E-state index contributed by atoms with van der Waals surface area (Å²) >= 11 is 7.01. The van der Waals surface area contributed by atoms with Gasteiger partial charge in [0, 0.05) is 27.6 Å². The first-order valence-electron chi connectivity index (χ1n) is 6.08. The lowest BCUT2D eigenvalue weighted by Gasteiger charge is -2.27. The molecule has 0 aromatic heterocycles. The minimum atomic E-state index is 0.426. The summed E-state index contributed by atoms with van der Waals surface area (Å²) in [4.78, 5) is 0. The lowest BCUT2D eigenvalue weighted by molar-refractivity contribution is 0.342. The predicted molar refractivity (Wildman–Crippen MR) is 78.9 cm³/mol. The van der Waals surface area contributed by atoms with Crippen molar-refractivity contribution in [2.45, 2.75) is 44.3 Å². The van der Waals surface area contributed by atoms with Crippen molar-refractivity contribution in [3.63, 3.8) is 0 Å². The van der Waals surface area contributed by atoms with Crippen LogP contribution >= 0.6 is 31.9 Å². The van der Waals surface area contributed by atoms with Gasteiger partial charge in [-0.3, -0.25) is 0 Å². The molecule has 2 rings (SSSR count). The van der Waals surface area contributed by atoms with Gasteiger partial charge in [-0.25, -0.2) is 0 Å². The van der Waals surface area contributed by atoms with Gasteiger partial charge in [-0.15, -0.1) is 0 Å². The Morgan fingerprint density at radius 3 is 2.47 bits per heavy atom. The smallest absolute Gasteiger partial charge is 0.0320 e. The molecule has 0 amide bonds. The molecule has 0 aliphatic heterocycles. The van der Waals surface area contributed by atoms with Crippen molar-refractivity contribution in [2.75, 3.05) is 0 Å². The van der Waals surface area contributed by atoms with E-state index in [0.717, 1.165) is 28.3 Å². The predicted octanol–water partition coefficient (Wildman–Crippen LogP) is 3.57. The van der Waals surface area contributed by atoms with Crippen LogP contribution < -0.4 is 11.1 Å². The molecule has 3 N–H and O–H groups in total. The standard InChI is InChI=1S/C13H18Br2N2/c14-12-6-1-9(7-13(12)15)8-17-11-4-2-10(16)3-5-11/h1,6-7,10-11,17H,2-5,8,16H2. The molecule has 0 unspecified atom stereocenters. The number of halogens is 2. The summed E-state index contributed by atoms with van der Waals surface area (Å²) in [6, 6.07) is 7.45. The summed E-state index contributed by atoms with van der Waals surface area (Å²) in [6.07, 6.45) is 4.72. The molecule has 1 aliphatic rings. The monoisotopic (exact) mass is 360 g/mol. The minimum Gasteiger partial charge on any atom is -0.328 e. The minimum absolute atomic E-state index is 0.426. The van der Waals surface area contributed by atoms with Gasteiger partial charge in [-0.05, 0) is 75.2 Å². The number of benzene rings is 1. The van der Waals surface area contributed by atoms with Crippen LogP contribution in [0.1, 0.15) is 31.2 Å². The average Bonchev–Trinajstić information content (AvgIpc) is 2.33. The van der Waals surface area contributed by atoms with Crippen LogP contribution in [-0.4, -0.2) is 12.1 Å². The normalized spacial score (nSPS) is 24.9. The molecule has 1 fully saturated rings. The molecule has 0 radical (unpaired) electrons. The number of rotatable bonds is 3. The van der Waals surface area contributed by atoms with Crippen molar-refractivity contribution in [2.24, 2.45) is 5.73 Å². The summed E-state index contributed by atoms with van der Waals surface area (Å²) in [5, 5.41) is 3.61. The van der Waals surface area contributed by atoms with Crippen LogP contribution in [0.2, 0.25) is 0 Å². The van der Waals surface area contributed by atoms with E-state index in [1.165, 1.54) is 18.4 Å². The molecule has 1 aromatic carbocycles. The molecule has 17 heavy (non-hydrogen) atoms. The van der Waals surface area contributed by atoms with E-state index in [0.29, 0.717) is 12.1 Å². The number of hydrogen-bond acceptors (Lipinski definition) is 2. The number of nitrogens with two attached hydrogens (primary N) is 1. The summed E-state index contributed by atoms with van der Waals surface area (Å²) < 4.78 is 2.22. The van der Waals surface area contributed by atoms with E-state index >= 15 is 0 Å². The molecular formula is C13H18Br2N2. The highest BCUT2D eigenvalue weighted by atomic mass is 79.9. The topological polar surface area (TPSA) is 38.0 Å². The van der Waals surface area contributed by atoms with Crippen LogP contribution in [0.5, 0.6) is 0 Å². The summed E-state index contributed by atoms with van der Waals surface area (Å²) in [5.74, 6) is 0. The molecule has 0 bridgehead atoms. The number of nitrogens with one attached hydrogen (secondary N) is 1. The fraction of sp³-hybridized carbons (Fsp3) is 0.538. The molecular weight excluding hydrogens is 344 g/mol. The zero-order valence-electron chi connectivity index (χ0n) is 9.76. The van der Waals surface area contributed by atoms with Gasteiger partial charge in [0.15, 0.2) is 0 Å². The fourth-order valence-corrected chi connectivity index (χ4v) is 2.91. The molecule has 0 spiro atoms. The van der Waals surface area contributed by atoms with Gasteiger partial charge in [0.2, 0.25) is 0 Å². The van der Waals surface area contributed by atoms with E-state index in [4.69, 9.17) is 5.73 Å². The van der Waals surface area contributed by atoms with Gasteiger partial charge in [0.05, 0.1) is 0 Å². The largest absolute Gasteiger partial charge is 0.328 e. The highest BCUT2D eigenvalue weighted by Gasteiger charge is 2.17. The van der Waals surface area contributed by atoms with Gasteiger partial charge < -0.3 is 11.1 Å². The maximum atomic E-state index is 5.90. The highest BCUT2D eigenvalue weighted by molar-refractivity contribution is 9.13. The van der Waals surface area contributed by atoms with Crippen molar-refractivity contribution >= 4 is 31.9 Å². The first-order chi connectivity index (χ1) is 8.15. The Hall–Kier alpha value is 0.1000. The van der Waals surface area contributed by atoms with Crippen molar-refractivity contribution in [1.29, 1.82) is 0 Å². The second kappa shape index (κ2) is 6.32. The van der Waals surface area contributed by atoms with Crippen LogP contribution in [-0.2, 0) is 6.54 Å². The first-order valence-corrected chi connectivity index (χ1v) is 7.66. The maximum absolute atomic E-state index is 5.90. The molecule has 4 heteroatoms. The quantitative estimate of drug-likeness (QED) is 0.863. The number of hydrogen-bond donors (Lipinski definition) is 2. The van der Waals surface area contributed by atoms with E-state index < -0.39 is 0 Å². The molecule has 2 nitrogen and oxygen atoms in total. The maximum Gasteiger partial charge on any atom is 0.0320 e. The Morgan fingerprint density at radius 2 is 1.82 bits per heavy atom. The van der Waals surface area contributed by atoms with E-state index in [1.807, 2.05) is 0 Å². The second-order valence-corrected chi connectivity index (χ2v) is 6.45. The Morgan fingerprint density at radius 1 is 1.12 bits per heavy atom. The molecule has 94 valence electrons. The third kappa shape index (κ3) is 4.05. The lowest BCUT2D eigenvalue weighted by atomic mass is 9.92. The van der Waals surface area contributed by atoms with E-state index in [-0.39, 0.29) is 0 Å². The summed E-state index contributed by atoms with van der Waals surface area (Å²) in [6.45, 7) is 0.936. The van der Waals surface area contributed by atoms with E-state index in [9.17, 15) is 0 Å². The van der Waals surface area contributed by atoms with Crippen molar-refractivity contribution in [1.82, 2.24) is 5.32 Å². The Bertz CT molecular complexity index is 374. The lowest BCUT2D eigenvalue weighted by Crippen LogP contribution is -2.37. The van der Waals surface area contributed by atoms with Crippen LogP contribution in [0.15, 0.2) is 27.1 Å². The van der Waals surface area contributed by atoms with E-state index in [1.54, 1.807) is 0 Å². The SMILES string of the molecule is NC1CCC(NCc2ccc(Br)c(Br)c2)CC1. The Labute approximate surface area is 120 Å². The third-order valence-corrected chi connectivity index (χ3v) is 5.23. The van der Waals surface area contributed by atoms with Crippen LogP contribution in [0.3, 0.4) is 0 Å². The highest BCUT2D eigenvalue weighted by Crippen LogP contribution is 2.24. The molecule has 1 saturated carbocycles. The molecule has 1 aliphatic carbocycles. The zero-order chi connectivity index (χ0) is 12.3. The van der Waals surface area contributed by atoms with Gasteiger partial charge >= 0.3 is 0 Å². The van der Waals surface area contributed by atoms with Gasteiger partial charge in [0.1, 0.15) is 0 Å². The molecule has 1 aromatic rings. The van der Waals surface area contributed by atoms with Crippen molar-refractivity contribution in [3.8, 4) is 0 Å². The second-order valence-electron chi connectivity index (χ2n) is 4.74. The molecule has 0 saturated heterocycles. The Kier molecular flexibility index (Phi) is 5.03. The summed E-state index contributed by atoms with van der Waals surface area (Å²) in [5.41, 5.74) is 7.22.